The maximum atomic E-state index is 10.9. The summed E-state index contributed by atoms with van der Waals surface area (Å²) in [5, 5.41) is 12.7. The molecular formula is C19H28N4O4. The molecule has 8 heteroatoms. The fraction of sp³-hybridized carbons (Fsp3) is 0.632. The Morgan fingerprint density at radius 2 is 2.15 bits per heavy atom. The van der Waals surface area contributed by atoms with Crippen LogP contribution < -0.4 is 25.6 Å². The van der Waals surface area contributed by atoms with Gasteiger partial charge in [0.05, 0.1) is 12.6 Å². The van der Waals surface area contributed by atoms with Crippen molar-refractivity contribution in [1.29, 1.82) is 0 Å². The molecule has 1 saturated heterocycles. The standard InChI is InChI=1S/C19H28N4O4/c1-2-23(10-18(24)25)15-6-14(7-15)20-8-13-9-21-22-19(13)12-3-4-16-17(5-12)27-11-26-16/h3-5,13-15,19-22H,2,6-11H2,1H3,(H,24,25). The smallest absolute Gasteiger partial charge is 0.317 e. The van der Waals surface area contributed by atoms with E-state index in [1.54, 1.807) is 0 Å². The Hall–Kier alpha value is -1.87. The van der Waals surface area contributed by atoms with E-state index in [1.807, 2.05) is 13.0 Å². The molecule has 0 amide bonds. The molecular weight excluding hydrogens is 348 g/mol. The normalized spacial score (nSPS) is 29.1. The topological polar surface area (TPSA) is 95.1 Å². The zero-order chi connectivity index (χ0) is 18.8. The second-order valence-electron chi connectivity index (χ2n) is 7.56. The van der Waals surface area contributed by atoms with Crippen LogP contribution in [0.25, 0.3) is 0 Å². The van der Waals surface area contributed by atoms with Crippen molar-refractivity contribution in [2.24, 2.45) is 5.92 Å². The summed E-state index contributed by atoms with van der Waals surface area (Å²) in [5.41, 5.74) is 7.84. The first-order valence-electron chi connectivity index (χ1n) is 9.71. The number of rotatable bonds is 8. The quantitative estimate of drug-likeness (QED) is 0.527. The molecule has 0 spiro atoms. The van der Waals surface area contributed by atoms with E-state index in [1.165, 1.54) is 5.56 Å². The first kappa shape index (κ1) is 18.5. The van der Waals surface area contributed by atoms with E-state index < -0.39 is 5.97 Å². The summed E-state index contributed by atoms with van der Waals surface area (Å²) in [6, 6.07) is 7.20. The van der Waals surface area contributed by atoms with Crippen LogP contribution in [-0.4, -0.2) is 61.0 Å². The van der Waals surface area contributed by atoms with Crippen LogP contribution in [0.3, 0.4) is 0 Å². The van der Waals surface area contributed by atoms with Gasteiger partial charge in [0.2, 0.25) is 6.79 Å². The van der Waals surface area contributed by atoms with E-state index in [9.17, 15) is 4.79 Å². The molecule has 1 aromatic rings. The van der Waals surface area contributed by atoms with Gasteiger partial charge in [-0.25, -0.2) is 5.43 Å². The van der Waals surface area contributed by atoms with Crippen molar-refractivity contribution >= 4 is 5.97 Å². The van der Waals surface area contributed by atoms with Crippen molar-refractivity contribution in [3.63, 3.8) is 0 Å². The Labute approximate surface area is 159 Å². The third-order valence-corrected chi connectivity index (χ3v) is 5.89. The number of ether oxygens (including phenoxy) is 2. The van der Waals surface area contributed by atoms with Crippen molar-refractivity contribution in [3.05, 3.63) is 23.8 Å². The predicted molar refractivity (Wildman–Crippen MR) is 99.6 cm³/mol. The monoisotopic (exact) mass is 376 g/mol. The molecule has 0 aromatic heterocycles. The van der Waals surface area contributed by atoms with Crippen LogP contribution in [0.1, 0.15) is 31.4 Å². The van der Waals surface area contributed by atoms with Crippen LogP contribution in [0.4, 0.5) is 0 Å². The lowest BCUT2D eigenvalue weighted by Gasteiger charge is -2.43. The van der Waals surface area contributed by atoms with Gasteiger partial charge in [0, 0.05) is 31.1 Å². The van der Waals surface area contributed by atoms with E-state index in [0.29, 0.717) is 24.8 Å². The number of carboxylic acid groups (broad SMARTS) is 1. The van der Waals surface area contributed by atoms with Gasteiger partial charge in [0.1, 0.15) is 0 Å². The largest absolute Gasteiger partial charge is 0.480 e. The number of nitrogens with one attached hydrogen (secondary N) is 3. The van der Waals surface area contributed by atoms with E-state index in [2.05, 4.69) is 33.2 Å². The van der Waals surface area contributed by atoms with Gasteiger partial charge in [-0.1, -0.05) is 13.0 Å². The molecule has 1 aliphatic carbocycles. The lowest BCUT2D eigenvalue weighted by molar-refractivity contribution is -0.139. The fourth-order valence-corrected chi connectivity index (χ4v) is 4.23. The minimum Gasteiger partial charge on any atom is -0.480 e. The number of likely N-dealkylation sites (N-methyl/N-ethyl adjacent to an activating group) is 1. The first-order chi connectivity index (χ1) is 13.1. The highest BCUT2D eigenvalue weighted by Crippen LogP contribution is 2.36. The molecule has 4 rings (SSSR count). The molecule has 27 heavy (non-hydrogen) atoms. The lowest BCUT2D eigenvalue weighted by atomic mass is 9.84. The first-order valence-corrected chi connectivity index (χ1v) is 9.71. The molecule has 1 saturated carbocycles. The second kappa shape index (κ2) is 8.02. The minimum atomic E-state index is -0.747. The maximum absolute atomic E-state index is 10.9. The number of benzene rings is 1. The van der Waals surface area contributed by atoms with Crippen molar-refractivity contribution in [3.8, 4) is 11.5 Å². The van der Waals surface area contributed by atoms with E-state index >= 15 is 0 Å². The number of aliphatic carboxylic acids is 1. The zero-order valence-corrected chi connectivity index (χ0v) is 15.6. The zero-order valence-electron chi connectivity index (χ0n) is 15.6. The highest BCUT2D eigenvalue weighted by atomic mass is 16.7. The lowest BCUT2D eigenvalue weighted by Crippen LogP contribution is -2.54. The van der Waals surface area contributed by atoms with Gasteiger partial charge >= 0.3 is 5.97 Å². The van der Waals surface area contributed by atoms with Crippen LogP contribution in [-0.2, 0) is 4.79 Å². The highest BCUT2D eigenvalue weighted by molar-refractivity contribution is 5.69. The summed E-state index contributed by atoms with van der Waals surface area (Å²) in [6.07, 6.45) is 2.03. The fourth-order valence-electron chi connectivity index (χ4n) is 4.23. The second-order valence-corrected chi connectivity index (χ2v) is 7.56. The Morgan fingerprint density at radius 3 is 2.93 bits per heavy atom. The van der Waals surface area contributed by atoms with Crippen LogP contribution in [0.15, 0.2) is 18.2 Å². The summed E-state index contributed by atoms with van der Waals surface area (Å²) < 4.78 is 10.9. The number of carboxylic acids is 1. The van der Waals surface area contributed by atoms with Crippen LogP contribution >= 0.6 is 0 Å². The Morgan fingerprint density at radius 1 is 1.33 bits per heavy atom. The van der Waals surface area contributed by atoms with Crippen molar-refractivity contribution in [2.75, 3.05) is 33.0 Å². The van der Waals surface area contributed by atoms with Gasteiger partial charge in [-0.3, -0.25) is 15.1 Å². The van der Waals surface area contributed by atoms with Crippen LogP contribution in [0, 0.1) is 5.92 Å². The van der Waals surface area contributed by atoms with Gasteiger partial charge in [0.15, 0.2) is 11.5 Å². The van der Waals surface area contributed by atoms with Gasteiger partial charge in [-0.05, 0) is 37.1 Å². The molecule has 2 heterocycles. The van der Waals surface area contributed by atoms with Gasteiger partial charge in [-0.2, -0.15) is 0 Å². The molecule has 8 nitrogen and oxygen atoms in total. The van der Waals surface area contributed by atoms with E-state index in [4.69, 9.17) is 14.6 Å². The average molecular weight is 376 g/mol. The van der Waals surface area contributed by atoms with Crippen molar-refractivity contribution < 1.29 is 19.4 Å². The molecule has 1 aromatic carbocycles. The molecule has 2 fully saturated rings. The number of hydrogen-bond donors (Lipinski definition) is 4. The predicted octanol–water partition coefficient (Wildman–Crippen LogP) is 0.708. The van der Waals surface area contributed by atoms with E-state index in [-0.39, 0.29) is 12.6 Å². The summed E-state index contributed by atoms with van der Waals surface area (Å²) in [6.45, 7) is 5.06. The summed E-state index contributed by atoms with van der Waals surface area (Å²) >= 11 is 0. The third kappa shape index (κ3) is 4.03. The van der Waals surface area contributed by atoms with E-state index in [0.717, 1.165) is 44.0 Å². The van der Waals surface area contributed by atoms with Gasteiger partial charge < -0.3 is 19.9 Å². The third-order valence-electron chi connectivity index (χ3n) is 5.89. The van der Waals surface area contributed by atoms with Crippen LogP contribution in [0.5, 0.6) is 11.5 Å². The molecule has 148 valence electrons. The summed E-state index contributed by atoms with van der Waals surface area (Å²) in [4.78, 5) is 13.0. The Balaban J connectivity index is 1.27. The number of hydrogen-bond acceptors (Lipinski definition) is 7. The van der Waals surface area contributed by atoms with Gasteiger partial charge in [0.25, 0.3) is 0 Å². The molecule has 2 aliphatic heterocycles. The molecule has 0 bridgehead atoms. The van der Waals surface area contributed by atoms with Crippen molar-refractivity contribution in [2.45, 2.75) is 37.9 Å². The summed E-state index contributed by atoms with van der Waals surface area (Å²) in [7, 11) is 0. The molecule has 3 aliphatic rings. The number of hydrazine groups is 1. The molecule has 0 radical (unpaired) electrons. The molecule has 2 unspecified atom stereocenters. The van der Waals surface area contributed by atoms with Crippen molar-refractivity contribution in [1.82, 2.24) is 21.1 Å². The SMILES string of the molecule is CCN(CC(=O)O)C1CC(NCC2CNNC2c2ccc3c(c2)OCO3)C1. The molecule has 4 N–H and O–H groups in total. The summed E-state index contributed by atoms with van der Waals surface area (Å²) in [5.74, 6) is 1.31. The maximum Gasteiger partial charge on any atom is 0.317 e. The minimum absolute atomic E-state index is 0.135. The Bertz CT molecular complexity index is 680. The molecule has 2 atom stereocenters. The van der Waals surface area contributed by atoms with Gasteiger partial charge in [-0.15, -0.1) is 0 Å². The number of fused-ring (bicyclic) bond motifs is 1. The number of carbonyl (C=O) groups is 1. The number of nitrogens with zero attached hydrogens (tertiary/aromatic N) is 1. The Kier molecular flexibility index (Phi) is 5.49. The highest BCUT2D eigenvalue weighted by Gasteiger charge is 2.35. The average Bonchev–Trinajstić information content (AvgIpc) is 3.27. The van der Waals surface area contributed by atoms with Crippen LogP contribution in [0.2, 0.25) is 0 Å².